The summed E-state index contributed by atoms with van der Waals surface area (Å²) in [4.78, 5) is 20.7. The number of pyridine rings is 1. The summed E-state index contributed by atoms with van der Waals surface area (Å²) in [7, 11) is 3.78. The smallest absolute Gasteiger partial charge is 0.254 e. The Morgan fingerprint density at radius 2 is 1.71 bits per heavy atom. The summed E-state index contributed by atoms with van der Waals surface area (Å²) in [6.07, 6.45) is 4.20. The van der Waals surface area contributed by atoms with E-state index in [9.17, 15) is 4.79 Å². The maximum atomic E-state index is 12.7. The molecule has 0 aromatic carbocycles. The molecule has 0 aliphatic heterocycles. The molecule has 0 aliphatic rings. The molecule has 4 nitrogen and oxygen atoms in total. The van der Waals surface area contributed by atoms with Crippen LogP contribution in [0, 0.1) is 0 Å². The molecular weight excluding hydrogens is 286 g/mol. The number of halogens is 1. The highest BCUT2D eigenvalue weighted by molar-refractivity contribution is 6.29. The van der Waals surface area contributed by atoms with Crippen LogP contribution in [0.1, 0.15) is 49.9 Å². The SMILES string of the molecule is CCCCN(CCCC)C(=O)c1cc(Cl)nc(N(C)C)c1. The molecule has 1 heterocycles. The fraction of sp³-hybridized carbons (Fsp3) is 0.625. The van der Waals surface area contributed by atoms with Crippen molar-refractivity contribution in [3.63, 3.8) is 0 Å². The summed E-state index contributed by atoms with van der Waals surface area (Å²) in [6.45, 7) is 5.87. The van der Waals surface area contributed by atoms with Gasteiger partial charge in [-0.2, -0.15) is 0 Å². The Hall–Kier alpha value is -1.29. The molecule has 1 aromatic heterocycles. The Morgan fingerprint density at radius 1 is 1.14 bits per heavy atom. The molecule has 21 heavy (non-hydrogen) atoms. The van der Waals surface area contributed by atoms with Crippen molar-refractivity contribution in [3.05, 3.63) is 22.8 Å². The summed E-state index contributed by atoms with van der Waals surface area (Å²) in [5, 5.41) is 0.357. The predicted octanol–water partition coefficient (Wildman–Crippen LogP) is 3.84. The number of unbranched alkanes of at least 4 members (excludes halogenated alkanes) is 2. The van der Waals surface area contributed by atoms with Crippen LogP contribution in [0.4, 0.5) is 5.82 Å². The van der Waals surface area contributed by atoms with Crippen molar-refractivity contribution in [2.24, 2.45) is 0 Å². The van der Waals surface area contributed by atoms with Gasteiger partial charge < -0.3 is 9.80 Å². The zero-order chi connectivity index (χ0) is 15.8. The molecule has 0 N–H and O–H groups in total. The molecule has 0 bridgehead atoms. The summed E-state index contributed by atoms with van der Waals surface area (Å²) in [6, 6.07) is 3.46. The van der Waals surface area contributed by atoms with Crippen molar-refractivity contribution in [2.75, 3.05) is 32.1 Å². The largest absolute Gasteiger partial charge is 0.363 e. The number of carbonyl (C=O) groups is 1. The van der Waals surface area contributed by atoms with Gasteiger partial charge in [-0.25, -0.2) is 4.98 Å². The first-order valence-electron chi connectivity index (χ1n) is 7.63. The first-order chi connectivity index (χ1) is 9.99. The lowest BCUT2D eigenvalue weighted by atomic mass is 10.2. The molecule has 0 spiro atoms. The minimum absolute atomic E-state index is 0.0456. The standard InChI is InChI=1S/C16H26ClN3O/c1-5-7-9-20(10-8-6-2)16(21)13-11-14(17)18-15(12-13)19(3)4/h11-12H,5-10H2,1-4H3. The van der Waals surface area contributed by atoms with Gasteiger partial charge in [-0.1, -0.05) is 38.3 Å². The van der Waals surface area contributed by atoms with Crippen molar-refractivity contribution >= 4 is 23.3 Å². The Kier molecular flexibility index (Phi) is 7.51. The third-order valence-corrected chi connectivity index (χ3v) is 3.53. The summed E-state index contributed by atoms with van der Waals surface area (Å²) >= 11 is 6.04. The normalized spacial score (nSPS) is 10.5. The molecule has 0 saturated heterocycles. The lowest BCUT2D eigenvalue weighted by Gasteiger charge is -2.23. The molecule has 5 heteroatoms. The molecule has 0 radical (unpaired) electrons. The monoisotopic (exact) mass is 311 g/mol. The first-order valence-corrected chi connectivity index (χ1v) is 8.01. The van der Waals surface area contributed by atoms with E-state index in [1.54, 1.807) is 12.1 Å². The van der Waals surface area contributed by atoms with E-state index < -0.39 is 0 Å². The van der Waals surface area contributed by atoms with Crippen molar-refractivity contribution < 1.29 is 4.79 Å². The minimum atomic E-state index is 0.0456. The van der Waals surface area contributed by atoms with Gasteiger partial charge in [-0.05, 0) is 25.0 Å². The van der Waals surface area contributed by atoms with Crippen molar-refractivity contribution in [1.29, 1.82) is 0 Å². The van der Waals surface area contributed by atoms with Crippen LogP contribution in [0.2, 0.25) is 5.15 Å². The lowest BCUT2D eigenvalue weighted by molar-refractivity contribution is 0.0751. The zero-order valence-corrected chi connectivity index (χ0v) is 14.3. The third-order valence-electron chi connectivity index (χ3n) is 3.34. The highest BCUT2D eigenvalue weighted by Crippen LogP contribution is 2.18. The molecule has 0 aliphatic carbocycles. The van der Waals surface area contributed by atoms with E-state index in [-0.39, 0.29) is 5.91 Å². The molecule has 0 atom stereocenters. The van der Waals surface area contributed by atoms with Gasteiger partial charge in [0.1, 0.15) is 11.0 Å². The maximum absolute atomic E-state index is 12.7. The minimum Gasteiger partial charge on any atom is -0.363 e. The summed E-state index contributed by atoms with van der Waals surface area (Å²) in [5.74, 6) is 0.751. The van der Waals surface area contributed by atoms with Crippen LogP contribution < -0.4 is 4.90 Å². The van der Waals surface area contributed by atoms with Gasteiger partial charge in [0.2, 0.25) is 0 Å². The number of rotatable bonds is 8. The number of hydrogen-bond donors (Lipinski definition) is 0. The Balaban J connectivity index is 2.95. The molecule has 0 fully saturated rings. The average Bonchev–Trinajstić information content (AvgIpc) is 2.46. The number of anilines is 1. The predicted molar refractivity (Wildman–Crippen MR) is 89.3 cm³/mol. The van der Waals surface area contributed by atoms with Crippen LogP contribution in [0.3, 0.4) is 0 Å². The van der Waals surface area contributed by atoms with Gasteiger partial charge >= 0.3 is 0 Å². The van der Waals surface area contributed by atoms with Gasteiger partial charge in [0.05, 0.1) is 0 Å². The summed E-state index contributed by atoms with van der Waals surface area (Å²) < 4.78 is 0. The van der Waals surface area contributed by atoms with E-state index in [2.05, 4.69) is 18.8 Å². The second kappa shape index (κ2) is 8.88. The lowest BCUT2D eigenvalue weighted by Crippen LogP contribution is -2.33. The molecule has 0 unspecified atom stereocenters. The van der Waals surface area contributed by atoms with E-state index in [0.717, 1.165) is 38.8 Å². The van der Waals surface area contributed by atoms with Crippen molar-refractivity contribution in [2.45, 2.75) is 39.5 Å². The Bertz CT molecular complexity index is 455. The summed E-state index contributed by atoms with van der Waals surface area (Å²) in [5.41, 5.74) is 0.617. The van der Waals surface area contributed by atoms with E-state index >= 15 is 0 Å². The van der Waals surface area contributed by atoms with E-state index in [0.29, 0.717) is 16.5 Å². The number of aromatic nitrogens is 1. The first kappa shape index (κ1) is 17.8. The fourth-order valence-electron chi connectivity index (χ4n) is 2.03. The van der Waals surface area contributed by atoms with Crippen molar-refractivity contribution in [3.8, 4) is 0 Å². The quantitative estimate of drug-likeness (QED) is 0.684. The number of carbonyl (C=O) groups excluding carboxylic acids is 1. The Labute approximate surface area is 133 Å². The molecular formula is C16H26ClN3O. The molecule has 1 amide bonds. The van der Waals surface area contributed by atoms with Crippen LogP contribution in [0.5, 0.6) is 0 Å². The molecule has 1 aromatic rings. The topological polar surface area (TPSA) is 36.4 Å². The highest BCUT2D eigenvalue weighted by atomic mass is 35.5. The van der Waals surface area contributed by atoms with Crippen LogP contribution in [-0.2, 0) is 0 Å². The van der Waals surface area contributed by atoms with Gasteiger partial charge in [0.25, 0.3) is 5.91 Å². The average molecular weight is 312 g/mol. The van der Waals surface area contributed by atoms with Crippen LogP contribution in [-0.4, -0.2) is 43.0 Å². The van der Waals surface area contributed by atoms with Gasteiger partial charge in [0, 0.05) is 32.7 Å². The number of hydrogen-bond acceptors (Lipinski definition) is 3. The van der Waals surface area contributed by atoms with Crippen LogP contribution in [0.25, 0.3) is 0 Å². The van der Waals surface area contributed by atoms with Crippen LogP contribution >= 0.6 is 11.6 Å². The third kappa shape index (κ3) is 5.54. The van der Waals surface area contributed by atoms with Gasteiger partial charge in [0.15, 0.2) is 0 Å². The number of nitrogens with zero attached hydrogens (tertiary/aromatic N) is 3. The van der Waals surface area contributed by atoms with Gasteiger partial charge in [-0.3, -0.25) is 4.79 Å². The maximum Gasteiger partial charge on any atom is 0.254 e. The van der Waals surface area contributed by atoms with Crippen LogP contribution in [0.15, 0.2) is 12.1 Å². The molecule has 118 valence electrons. The highest BCUT2D eigenvalue weighted by Gasteiger charge is 2.17. The molecule has 1 rings (SSSR count). The fourth-order valence-corrected chi connectivity index (χ4v) is 2.24. The second-order valence-corrected chi connectivity index (χ2v) is 5.82. The van der Waals surface area contributed by atoms with Crippen molar-refractivity contribution in [1.82, 2.24) is 9.88 Å². The van der Waals surface area contributed by atoms with Gasteiger partial charge in [-0.15, -0.1) is 0 Å². The molecule has 0 saturated carbocycles. The van der Waals surface area contributed by atoms with E-state index in [1.807, 2.05) is 23.9 Å². The number of amides is 1. The van der Waals surface area contributed by atoms with E-state index in [4.69, 9.17) is 11.6 Å². The Morgan fingerprint density at radius 3 is 2.19 bits per heavy atom. The van der Waals surface area contributed by atoms with E-state index in [1.165, 1.54) is 0 Å². The zero-order valence-electron chi connectivity index (χ0n) is 13.5. The second-order valence-electron chi connectivity index (χ2n) is 5.43.